The molecule has 3 N–H and O–H groups in total. The normalized spacial score (nSPS) is 28.0. The van der Waals surface area contributed by atoms with Crippen LogP contribution in [-0.2, 0) is 7.05 Å². The molecule has 2 aromatic rings. The fourth-order valence-corrected chi connectivity index (χ4v) is 5.20. The number of carbonyl (C=O) groups excluding carboxylic acids is 1. The Labute approximate surface area is 185 Å². The number of aliphatic hydroxyl groups excluding tert-OH is 1. The zero-order valence-corrected chi connectivity index (χ0v) is 18.2. The number of halogens is 2. The number of fused-ring (bicyclic) bond motifs is 1. The lowest BCUT2D eigenvalue weighted by Gasteiger charge is -2.19. The van der Waals surface area contributed by atoms with Gasteiger partial charge in [-0.1, -0.05) is 23.4 Å². The van der Waals surface area contributed by atoms with Crippen LogP contribution in [0, 0.1) is 29.5 Å². The summed E-state index contributed by atoms with van der Waals surface area (Å²) in [5, 5.41) is 22.8. The summed E-state index contributed by atoms with van der Waals surface area (Å²) in [6.45, 7) is 1.58. The number of imidazole rings is 1. The number of aromatic nitrogens is 2. The van der Waals surface area contributed by atoms with Gasteiger partial charge in [0.2, 0.25) is 0 Å². The van der Waals surface area contributed by atoms with Crippen LogP contribution in [0.4, 0.5) is 10.1 Å². The minimum atomic E-state index is -1.05. The van der Waals surface area contributed by atoms with Gasteiger partial charge in [0, 0.05) is 18.7 Å². The summed E-state index contributed by atoms with van der Waals surface area (Å²) in [6.07, 6.45) is 3.64. The summed E-state index contributed by atoms with van der Waals surface area (Å²) in [4.78, 5) is 17.5. The summed E-state index contributed by atoms with van der Waals surface area (Å²) in [5.74, 6) is 5.36. The number of carbonyl (C=O) groups is 1. The second-order valence-electron chi connectivity index (χ2n) is 8.75. The number of nitrogens with zero attached hydrogens (tertiary/aromatic N) is 2. The van der Waals surface area contributed by atoms with Crippen LogP contribution in [0.1, 0.15) is 54.7 Å². The lowest BCUT2D eigenvalue weighted by atomic mass is 9.92. The van der Waals surface area contributed by atoms with Crippen LogP contribution in [0.2, 0.25) is 5.02 Å². The molecule has 1 amide bonds. The number of hydrogen-bond donors (Lipinski definition) is 3. The van der Waals surface area contributed by atoms with Crippen molar-refractivity contribution in [1.82, 2.24) is 9.55 Å². The molecule has 2 aliphatic carbocycles. The van der Waals surface area contributed by atoms with Crippen molar-refractivity contribution >= 4 is 23.2 Å². The Morgan fingerprint density at radius 1 is 1.39 bits per heavy atom. The molecule has 3 atom stereocenters. The molecule has 2 fully saturated rings. The fraction of sp³-hybridized carbons (Fsp3) is 0.478. The Bertz CT molecular complexity index is 1060. The van der Waals surface area contributed by atoms with Gasteiger partial charge in [0.15, 0.2) is 0 Å². The number of rotatable bonds is 3. The molecule has 1 aromatic heterocycles. The van der Waals surface area contributed by atoms with E-state index in [1.54, 1.807) is 24.9 Å². The lowest BCUT2D eigenvalue weighted by molar-refractivity contribution is 0.0973. The maximum absolute atomic E-state index is 13.4. The van der Waals surface area contributed by atoms with Crippen molar-refractivity contribution in [1.29, 1.82) is 0 Å². The number of nitrogens with one attached hydrogen (secondary N) is 1. The number of amides is 1. The van der Waals surface area contributed by atoms with Crippen LogP contribution in [0.5, 0.6) is 0 Å². The van der Waals surface area contributed by atoms with E-state index in [4.69, 9.17) is 11.6 Å². The fourth-order valence-electron chi connectivity index (χ4n) is 5.01. The molecule has 0 radical (unpaired) electrons. The van der Waals surface area contributed by atoms with E-state index in [1.165, 1.54) is 18.2 Å². The first-order valence-electron chi connectivity index (χ1n) is 10.4. The molecule has 2 aliphatic rings. The minimum absolute atomic E-state index is 0.0576. The first-order chi connectivity index (χ1) is 14.6. The third-order valence-corrected chi connectivity index (χ3v) is 6.59. The molecular formula is C23H25ClFN3O3. The van der Waals surface area contributed by atoms with Crippen LogP contribution >= 0.6 is 11.6 Å². The number of anilines is 1. The van der Waals surface area contributed by atoms with E-state index >= 15 is 0 Å². The van der Waals surface area contributed by atoms with Crippen molar-refractivity contribution in [3.63, 3.8) is 0 Å². The molecule has 31 heavy (non-hydrogen) atoms. The molecule has 0 aliphatic heterocycles. The molecule has 2 saturated carbocycles. The van der Waals surface area contributed by atoms with Gasteiger partial charge in [-0.15, -0.1) is 0 Å². The average molecular weight is 446 g/mol. The molecule has 6 nitrogen and oxygen atoms in total. The van der Waals surface area contributed by atoms with Gasteiger partial charge in [0.05, 0.1) is 17.0 Å². The van der Waals surface area contributed by atoms with Crippen molar-refractivity contribution in [2.45, 2.75) is 50.2 Å². The van der Waals surface area contributed by atoms with Crippen molar-refractivity contribution < 1.29 is 19.4 Å². The third-order valence-electron chi connectivity index (χ3n) is 6.30. The summed E-state index contributed by atoms with van der Waals surface area (Å²) >= 11 is 5.82. The van der Waals surface area contributed by atoms with Gasteiger partial charge < -0.3 is 20.1 Å². The Balaban J connectivity index is 1.49. The number of hydrogen-bond acceptors (Lipinski definition) is 4. The molecule has 0 saturated heterocycles. The van der Waals surface area contributed by atoms with Crippen LogP contribution in [0.25, 0.3) is 0 Å². The molecule has 2 unspecified atom stereocenters. The number of aliphatic hydroxyl groups is 2. The van der Waals surface area contributed by atoms with Crippen LogP contribution < -0.4 is 5.32 Å². The highest BCUT2D eigenvalue weighted by atomic mass is 35.5. The van der Waals surface area contributed by atoms with Gasteiger partial charge in [-0.05, 0) is 62.6 Å². The molecule has 1 heterocycles. The Kier molecular flexibility index (Phi) is 5.82. The van der Waals surface area contributed by atoms with Crippen LogP contribution in [-0.4, -0.2) is 37.4 Å². The maximum atomic E-state index is 13.4. The van der Waals surface area contributed by atoms with Crippen molar-refractivity contribution in [2.75, 3.05) is 5.32 Å². The standard InChI is InChI=1S/C23H25ClFN3O3/c1-13(29)5-6-23(31)10-15-7-14(8-16(15)11-23)20-21(28(2)12-26-20)22(30)27-17-3-4-19(25)18(24)9-17/h3-4,9,12-16,29,31H,7-8,10-11H2,1-2H3,(H,27,30)/t13-,14?,15?,16?,23?/m0/s1. The van der Waals surface area contributed by atoms with E-state index < -0.39 is 17.5 Å². The molecule has 1 aromatic carbocycles. The van der Waals surface area contributed by atoms with E-state index in [1.807, 2.05) is 0 Å². The predicted molar refractivity (Wildman–Crippen MR) is 115 cm³/mol. The summed E-state index contributed by atoms with van der Waals surface area (Å²) < 4.78 is 15.1. The predicted octanol–water partition coefficient (Wildman–Crippen LogP) is 3.48. The number of benzene rings is 1. The zero-order chi connectivity index (χ0) is 22.3. The largest absolute Gasteiger partial charge is 0.381 e. The van der Waals surface area contributed by atoms with Gasteiger partial charge in [-0.3, -0.25) is 4.79 Å². The van der Waals surface area contributed by atoms with Gasteiger partial charge >= 0.3 is 0 Å². The van der Waals surface area contributed by atoms with Gasteiger partial charge in [-0.2, -0.15) is 0 Å². The molecule has 0 spiro atoms. The van der Waals surface area contributed by atoms with E-state index in [0.717, 1.165) is 18.5 Å². The van der Waals surface area contributed by atoms with Crippen molar-refractivity contribution in [3.05, 3.63) is 46.8 Å². The van der Waals surface area contributed by atoms with E-state index in [9.17, 15) is 19.4 Å². The summed E-state index contributed by atoms with van der Waals surface area (Å²) in [7, 11) is 1.77. The zero-order valence-electron chi connectivity index (χ0n) is 17.4. The molecule has 0 bridgehead atoms. The van der Waals surface area contributed by atoms with Gasteiger partial charge in [-0.25, -0.2) is 9.37 Å². The van der Waals surface area contributed by atoms with Crippen LogP contribution in [0.3, 0.4) is 0 Å². The van der Waals surface area contributed by atoms with E-state index in [0.29, 0.717) is 36.1 Å². The quantitative estimate of drug-likeness (QED) is 0.631. The monoisotopic (exact) mass is 445 g/mol. The highest BCUT2D eigenvalue weighted by molar-refractivity contribution is 6.31. The Morgan fingerprint density at radius 3 is 2.68 bits per heavy atom. The SMILES string of the molecule is C[C@H](O)C#CC1(O)CC2CC(c3ncn(C)c3C(=O)Nc3ccc(F)c(Cl)c3)CC2C1. The molecular weight excluding hydrogens is 421 g/mol. The Hall–Kier alpha value is -2.40. The van der Waals surface area contributed by atoms with E-state index in [-0.39, 0.29) is 16.8 Å². The van der Waals surface area contributed by atoms with Gasteiger partial charge in [0.1, 0.15) is 23.2 Å². The average Bonchev–Trinajstić information content (AvgIpc) is 3.34. The lowest BCUT2D eigenvalue weighted by Crippen LogP contribution is -2.24. The maximum Gasteiger partial charge on any atom is 0.274 e. The minimum Gasteiger partial charge on any atom is -0.381 e. The second-order valence-corrected chi connectivity index (χ2v) is 9.15. The highest BCUT2D eigenvalue weighted by Crippen LogP contribution is 2.53. The molecule has 4 rings (SSSR count). The Morgan fingerprint density at radius 2 is 2.06 bits per heavy atom. The highest BCUT2D eigenvalue weighted by Gasteiger charge is 2.49. The molecule has 164 valence electrons. The van der Waals surface area contributed by atoms with Crippen LogP contribution in [0.15, 0.2) is 24.5 Å². The summed E-state index contributed by atoms with van der Waals surface area (Å²) in [6, 6.07) is 4.05. The topological polar surface area (TPSA) is 87.4 Å². The van der Waals surface area contributed by atoms with Crippen molar-refractivity contribution in [2.24, 2.45) is 18.9 Å². The van der Waals surface area contributed by atoms with Gasteiger partial charge in [0.25, 0.3) is 5.91 Å². The first kappa shape index (κ1) is 21.8. The number of aryl methyl sites for hydroxylation is 1. The van der Waals surface area contributed by atoms with Crippen molar-refractivity contribution in [3.8, 4) is 11.8 Å². The second kappa shape index (κ2) is 8.27. The third kappa shape index (κ3) is 4.47. The molecule has 8 heteroatoms. The first-order valence-corrected chi connectivity index (χ1v) is 10.7. The summed E-state index contributed by atoms with van der Waals surface area (Å²) in [5.41, 5.74) is 0.563. The smallest absolute Gasteiger partial charge is 0.274 e. The van der Waals surface area contributed by atoms with E-state index in [2.05, 4.69) is 22.1 Å².